The molecule has 2 rings (SSSR count). The number of aromatic carboxylic acids is 1. The molecule has 1 aromatic carbocycles. The maximum absolute atomic E-state index is 12.2. The molecule has 2 N–H and O–H groups in total. The minimum atomic E-state index is -4.16. The van der Waals surface area contributed by atoms with E-state index >= 15 is 0 Å². The number of nitrogens with zero attached hydrogens (tertiary/aromatic N) is 1. The van der Waals surface area contributed by atoms with Crippen LogP contribution < -0.4 is 4.72 Å². The van der Waals surface area contributed by atoms with E-state index in [1.165, 1.54) is 6.07 Å². The molecule has 21 heavy (non-hydrogen) atoms. The molecule has 112 valence electrons. The van der Waals surface area contributed by atoms with Gasteiger partial charge in [-0.05, 0) is 19.1 Å². The smallest absolute Gasteiger partial charge is 0.337 e. The largest absolute Gasteiger partial charge is 0.478 e. The Balaban J connectivity index is 2.52. The number of carboxylic acid groups (broad SMARTS) is 1. The van der Waals surface area contributed by atoms with Crippen LogP contribution in [0, 0.1) is 6.92 Å². The number of benzene rings is 1. The van der Waals surface area contributed by atoms with Gasteiger partial charge in [-0.2, -0.15) is 0 Å². The molecule has 0 saturated heterocycles. The molecule has 0 atom stereocenters. The maximum atomic E-state index is 12.2. The molecule has 0 spiro atoms. The minimum absolute atomic E-state index is 0.0552. The van der Waals surface area contributed by atoms with E-state index in [1.807, 2.05) is 0 Å². The van der Waals surface area contributed by atoms with Crippen LogP contribution in [0.1, 0.15) is 16.1 Å². The van der Waals surface area contributed by atoms with Gasteiger partial charge in [0.25, 0.3) is 10.0 Å². The van der Waals surface area contributed by atoms with Gasteiger partial charge in [0.05, 0.1) is 10.6 Å². The highest BCUT2D eigenvalue weighted by Gasteiger charge is 2.24. The first kappa shape index (κ1) is 15.6. The Morgan fingerprint density at radius 1 is 1.33 bits per heavy atom. The van der Waals surface area contributed by atoms with Crippen molar-refractivity contribution in [2.75, 3.05) is 4.72 Å². The van der Waals surface area contributed by atoms with Gasteiger partial charge in [0, 0.05) is 11.1 Å². The number of halogens is 2. The van der Waals surface area contributed by atoms with Crippen LogP contribution in [0.2, 0.25) is 10.0 Å². The quantitative estimate of drug-likeness (QED) is 0.877. The molecule has 1 aromatic heterocycles. The van der Waals surface area contributed by atoms with E-state index < -0.39 is 31.5 Å². The first-order valence-corrected chi connectivity index (χ1v) is 7.63. The molecule has 0 unspecified atom stereocenters. The Morgan fingerprint density at radius 2 is 2.00 bits per heavy atom. The molecule has 0 aliphatic heterocycles. The van der Waals surface area contributed by atoms with Crippen molar-refractivity contribution in [2.45, 2.75) is 11.8 Å². The van der Waals surface area contributed by atoms with E-state index in [4.69, 9.17) is 32.8 Å². The third-order valence-corrected chi connectivity index (χ3v) is 4.51. The fourth-order valence-corrected chi connectivity index (χ4v) is 3.41. The molecule has 0 saturated carbocycles. The second kappa shape index (κ2) is 5.55. The van der Waals surface area contributed by atoms with Gasteiger partial charge in [0.1, 0.15) is 10.7 Å². The number of rotatable bonds is 4. The summed E-state index contributed by atoms with van der Waals surface area (Å²) >= 11 is 11.6. The van der Waals surface area contributed by atoms with E-state index in [0.29, 0.717) is 5.76 Å². The number of sulfonamides is 1. The van der Waals surface area contributed by atoms with E-state index in [-0.39, 0.29) is 10.8 Å². The average Bonchev–Trinajstić information content (AvgIpc) is 2.76. The Morgan fingerprint density at radius 3 is 2.52 bits per heavy atom. The van der Waals surface area contributed by atoms with Crippen LogP contribution in [0.4, 0.5) is 5.82 Å². The highest BCUT2D eigenvalue weighted by atomic mass is 35.5. The molecular weight excluding hydrogens is 343 g/mol. The van der Waals surface area contributed by atoms with E-state index in [9.17, 15) is 13.2 Å². The van der Waals surface area contributed by atoms with Crippen molar-refractivity contribution >= 4 is 45.0 Å². The summed E-state index contributed by atoms with van der Waals surface area (Å²) in [7, 11) is -4.16. The number of hydrogen-bond acceptors (Lipinski definition) is 5. The van der Waals surface area contributed by atoms with Gasteiger partial charge < -0.3 is 9.63 Å². The van der Waals surface area contributed by atoms with Crippen LogP contribution in [0.25, 0.3) is 0 Å². The predicted octanol–water partition coefficient (Wildman–Crippen LogP) is 2.79. The summed E-state index contributed by atoms with van der Waals surface area (Å²) in [5.74, 6) is -1.05. The number of hydrogen-bond donors (Lipinski definition) is 2. The zero-order valence-electron chi connectivity index (χ0n) is 10.4. The van der Waals surface area contributed by atoms with Crippen LogP contribution in [-0.4, -0.2) is 24.7 Å². The Bertz CT molecular complexity index is 816. The molecule has 2 aromatic rings. The number of carboxylic acids is 1. The van der Waals surface area contributed by atoms with Crippen LogP contribution in [0.3, 0.4) is 0 Å². The maximum Gasteiger partial charge on any atom is 0.337 e. The van der Waals surface area contributed by atoms with Gasteiger partial charge >= 0.3 is 5.97 Å². The lowest BCUT2D eigenvalue weighted by atomic mass is 10.2. The van der Waals surface area contributed by atoms with E-state index in [2.05, 4.69) is 9.88 Å². The lowest BCUT2D eigenvalue weighted by Gasteiger charge is -2.09. The molecule has 0 aliphatic rings. The summed E-state index contributed by atoms with van der Waals surface area (Å²) in [6, 6.07) is 3.46. The van der Waals surface area contributed by atoms with Gasteiger partial charge in [0.15, 0.2) is 5.82 Å². The minimum Gasteiger partial charge on any atom is -0.478 e. The number of nitrogens with one attached hydrogen (secondary N) is 1. The molecule has 0 fully saturated rings. The van der Waals surface area contributed by atoms with Gasteiger partial charge in [-0.25, -0.2) is 13.2 Å². The summed E-state index contributed by atoms with van der Waals surface area (Å²) in [6.45, 7) is 1.58. The van der Waals surface area contributed by atoms with Gasteiger partial charge in [-0.1, -0.05) is 28.4 Å². The topological polar surface area (TPSA) is 110 Å². The molecule has 7 nitrogen and oxygen atoms in total. The number of anilines is 1. The third kappa shape index (κ3) is 3.29. The number of carbonyl (C=O) groups is 1. The van der Waals surface area contributed by atoms with Crippen molar-refractivity contribution in [3.05, 3.63) is 39.6 Å². The molecule has 0 amide bonds. The molecule has 10 heteroatoms. The van der Waals surface area contributed by atoms with E-state index in [1.54, 1.807) is 6.92 Å². The second-order valence-corrected chi connectivity index (χ2v) is 6.46. The van der Waals surface area contributed by atoms with Crippen molar-refractivity contribution in [2.24, 2.45) is 0 Å². The standard InChI is InChI=1S/C11H8Cl2N2O5S/c1-5-2-9(14-20-5)15-21(18,19)8-4-6(12)3-7(10(8)13)11(16)17/h2-4H,1H3,(H,14,15)(H,16,17). The lowest BCUT2D eigenvalue weighted by Crippen LogP contribution is -2.15. The number of aromatic nitrogens is 1. The van der Waals surface area contributed by atoms with Crippen LogP contribution >= 0.6 is 23.2 Å². The number of aryl methyl sites for hydroxylation is 1. The summed E-state index contributed by atoms with van der Waals surface area (Å²) in [4.78, 5) is 10.6. The highest BCUT2D eigenvalue weighted by molar-refractivity contribution is 7.92. The van der Waals surface area contributed by atoms with Gasteiger partial charge in [0.2, 0.25) is 0 Å². The lowest BCUT2D eigenvalue weighted by molar-refractivity contribution is 0.0697. The van der Waals surface area contributed by atoms with Crippen LogP contribution in [-0.2, 0) is 10.0 Å². The Kier molecular flexibility index (Phi) is 4.13. The molecule has 0 aliphatic carbocycles. The van der Waals surface area contributed by atoms with Crippen LogP contribution in [0.15, 0.2) is 27.6 Å². The molecule has 0 radical (unpaired) electrons. The van der Waals surface area contributed by atoms with Crippen molar-refractivity contribution in [3.63, 3.8) is 0 Å². The summed E-state index contributed by atoms with van der Waals surface area (Å²) in [6.07, 6.45) is 0. The summed E-state index contributed by atoms with van der Waals surface area (Å²) in [5.41, 5.74) is -0.416. The highest BCUT2D eigenvalue weighted by Crippen LogP contribution is 2.30. The second-order valence-electron chi connectivity index (χ2n) is 4.00. The van der Waals surface area contributed by atoms with Crippen molar-refractivity contribution in [3.8, 4) is 0 Å². The summed E-state index contributed by atoms with van der Waals surface area (Å²) < 4.78 is 31.3. The van der Waals surface area contributed by atoms with E-state index in [0.717, 1.165) is 12.1 Å². The first-order valence-electron chi connectivity index (χ1n) is 5.39. The average molecular weight is 351 g/mol. The zero-order valence-corrected chi connectivity index (χ0v) is 12.8. The SMILES string of the molecule is Cc1cc(NS(=O)(=O)c2cc(Cl)cc(C(=O)O)c2Cl)no1. The van der Waals surface area contributed by atoms with Crippen molar-refractivity contribution in [1.82, 2.24) is 5.16 Å². The van der Waals surface area contributed by atoms with Gasteiger partial charge in [-0.3, -0.25) is 4.72 Å². The normalized spacial score (nSPS) is 11.4. The summed E-state index contributed by atoms with van der Waals surface area (Å²) in [5, 5.41) is 11.9. The monoisotopic (exact) mass is 350 g/mol. The molecule has 0 bridgehead atoms. The molecular formula is C11H8Cl2N2O5S. The fourth-order valence-electron chi connectivity index (χ4n) is 1.52. The van der Waals surface area contributed by atoms with Crippen molar-refractivity contribution in [1.29, 1.82) is 0 Å². The Labute approximate surface area is 129 Å². The fraction of sp³-hybridized carbons (Fsp3) is 0.0909. The molecule has 1 heterocycles. The van der Waals surface area contributed by atoms with Crippen LogP contribution in [0.5, 0.6) is 0 Å². The third-order valence-electron chi connectivity index (χ3n) is 2.39. The van der Waals surface area contributed by atoms with Crippen molar-refractivity contribution < 1.29 is 22.8 Å². The zero-order chi connectivity index (χ0) is 15.8. The first-order chi connectivity index (χ1) is 9.70. The van der Waals surface area contributed by atoms with Gasteiger partial charge in [-0.15, -0.1) is 0 Å². The predicted molar refractivity (Wildman–Crippen MR) is 75.5 cm³/mol. The Hall–Kier alpha value is -1.77.